The quantitative estimate of drug-likeness (QED) is 0.587. The van der Waals surface area contributed by atoms with Gasteiger partial charge in [0, 0.05) is 12.1 Å². The number of aryl methyl sites for hydroxylation is 1. The van der Waals surface area contributed by atoms with Crippen molar-refractivity contribution in [3.63, 3.8) is 0 Å². The average molecular weight is 370 g/mol. The van der Waals surface area contributed by atoms with Crippen molar-refractivity contribution in [1.82, 2.24) is 9.88 Å². The summed E-state index contributed by atoms with van der Waals surface area (Å²) in [6.07, 6.45) is 1.64. The van der Waals surface area contributed by atoms with Gasteiger partial charge in [-0.2, -0.15) is 0 Å². The van der Waals surface area contributed by atoms with Crippen molar-refractivity contribution in [3.05, 3.63) is 59.4 Å². The highest BCUT2D eigenvalue weighted by molar-refractivity contribution is 5.90. The van der Waals surface area contributed by atoms with Crippen LogP contribution in [-0.4, -0.2) is 37.1 Å². The van der Waals surface area contributed by atoms with Crippen molar-refractivity contribution in [2.24, 2.45) is 0 Å². The van der Waals surface area contributed by atoms with E-state index in [4.69, 9.17) is 18.3 Å². The zero-order valence-corrected chi connectivity index (χ0v) is 15.8. The lowest BCUT2D eigenvalue weighted by Gasteiger charge is -2.12. The molecule has 0 N–H and O–H groups in total. The largest absolute Gasteiger partial charge is 0.497 e. The standard InChI is InChI=1S/C20H22N2O5/c1-13-18(20(23)25-4)9-17(27-13)11-22(2)10-15-12-26-19(21-15)14-5-7-16(24-3)8-6-14/h5-9,12H,10-11H2,1-4H3. The van der Waals surface area contributed by atoms with Gasteiger partial charge in [0.2, 0.25) is 5.89 Å². The molecule has 3 rings (SSSR count). The van der Waals surface area contributed by atoms with Crippen LogP contribution in [-0.2, 0) is 17.8 Å². The number of ether oxygens (including phenoxy) is 2. The third kappa shape index (κ3) is 4.38. The first-order valence-corrected chi connectivity index (χ1v) is 8.45. The van der Waals surface area contributed by atoms with Gasteiger partial charge < -0.3 is 18.3 Å². The summed E-state index contributed by atoms with van der Waals surface area (Å²) in [6.45, 7) is 2.85. The summed E-state index contributed by atoms with van der Waals surface area (Å²) in [5, 5.41) is 0. The average Bonchev–Trinajstić information content (AvgIpc) is 3.27. The maximum absolute atomic E-state index is 11.7. The van der Waals surface area contributed by atoms with Crippen LogP contribution in [0.15, 0.2) is 45.4 Å². The molecule has 2 aromatic heterocycles. The topological polar surface area (TPSA) is 77.9 Å². The van der Waals surface area contributed by atoms with E-state index in [1.807, 2.05) is 36.2 Å². The van der Waals surface area contributed by atoms with Gasteiger partial charge >= 0.3 is 5.97 Å². The van der Waals surface area contributed by atoms with Crippen LogP contribution in [0.25, 0.3) is 11.5 Å². The van der Waals surface area contributed by atoms with Crippen molar-refractivity contribution in [2.75, 3.05) is 21.3 Å². The monoisotopic (exact) mass is 370 g/mol. The SMILES string of the molecule is COC(=O)c1cc(CN(C)Cc2coc(-c3ccc(OC)cc3)n2)oc1C. The number of aromatic nitrogens is 1. The summed E-state index contributed by atoms with van der Waals surface area (Å²) in [4.78, 5) is 18.2. The van der Waals surface area contributed by atoms with Gasteiger partial charge in [0.1, 0.15) is 29.1 Å². The van der Waals surface area contributed by atoms with Gasteiger partial charge in [-0.1, -0.05) is 0 Å². The number of nitrogens with zero attached hydrogens (tertiary/aromatic N) is 2. The predicted octanol–water partition coefficient (Wildman–Crippen LogP) is 3.67. The Kier molecular flexibility index (Phi) is 5.61. The first-order chi connectivity index (χ1) is 13.0. The Balaban J connectivity index is 1.64. The van der Waals surface area contributed by atoms with Crippen molar-refractivity contribution >= 4 is 5.97 Å². The lowest BCUT2D eigenvalue weighted by atomic mass is 10.2. The van der Waals surface area contributed by atoms with E-state index in [0.717, 1.165) is 17.0 Å². The zero-order valence-electron chi connectivity index (χ0n) is 15.8. The number of furan rings is 1. The maximum atomic E-state index is 11.7. The van der Waals surface area contributed by atoms with Gasteiger partial charge in [0.15, 0.2) is 0 Å². The van der Waals surface area contributed by atoms with E-state index in [9.17, 15) is 4.79 Å². The molecule has 0 unspecified atom stereocenters. The summed E-state index contributed by atoms with van der Waals surface area (Å²) in [7, 11) is 4.92. The van der Waals surface area contributed by atoms with Crippen LogP contribution in [0.5, 0.6) is 5.75 Å². The number of hydrogen-bond acceptors (Lipinski definition) is 7. The number of carbonyl (C=O) groups is 1. The molecule has 0 amide bonds. The van der Waals surface area contributed by atoms with Gasteiger partial charge in [0.05, 0.1) is 26.5 Å². The van der Waals surface area contributed by atoms with E-state index in [-0.39, 0.29) is 0 Å². The zero-order chi connectivity index (χ0) is 19.4. The van der Waals surface area contributed by atoms with E-state index < -0.39 is 5.97 Å². The summed E-state index contributed by atoms with van der Waals surface area (Å²) in [5.74, 6) is 2.18. The Labute approximate surface area is 157 Å². The molecule has 3 aromatic rings. The molecular weight excluding hydrogens is 348 g/mol. The highest BCUT2D eigenvalue weighted by atomic mass is 16.5. The minimum Gasteiger partial charge on any atom is -0.497 e. The van der Waals surface area contributed by atoms with Crippen molar-refractivity contribution in [3.8, 4) is 17.2 Å². The fourth-order valence-electron chi connectivity index (χ4n) is 2.78. The fraction of sp³-hybridized carbons (Fsp3) is 0.300. The van der Waals surface area contributed by atoms with E-state index in [0.29, 0.717) is 36.1 Å². The minimum absolute atomic E-state index is 0.397. The first-order valence-electron chi connectivity index (χ1n) is 8.45. The first kappa shape index (κ1) is 18.7. The molecule has 142 valence electrons. The smallest absolute Gasteiger partial charge is 0.341 e. The molecule has 0 fully saturated rings. The molecule has 0 atom stereocenters. The van der Waals surface area contributed by atoms with Crippen LogP contribution in [0.4, 0.5) is 0 Å². The van der Waals surface area contributed by atoms with E-state index in [1.165, 1.54) is 7.11 Å². The molecule has 0 spiro atoms. The molecule has 7 nitrogen and oxygen atoms in total. The van der Waals surface area contributed by atoms with Gasteiger partial charge in [-0.15, -0.1) is 0 Å². The normalized spacial score (nSPS) is 11.0. The second-order valence-corrected chi connectivity index (χ2v) is 6.22. The summed E-state index contributed by atoms with van der Waals surface area (Å²) in [5.41, 5.74) is 2.14. The Hall–Kier alpha value is -3.06. The van der Waals surface area contributed by atoms with Gasteiger partial charge in [-0.25, -0.2) is 9.78 Å². The predicted molar refractivity (Wildman–Crippen MR) is 98.4 cm³/mol. The molecule has 1 aromatic carbocycles. The van der Waals surface area contributed by atoms with Crippen molar-refractivity contribution < 1.29 is 23.1 Å². The molecule has 7 heteroatoms. The lowest BCUT2D eigenvalue weighted by molar-refractivity contribution is 0.0599. The van der Waals surface area contributed by atoms with Crippen molar-refractivity contribution in [2.45, 2.75) is 20.0 Å². The second kappa shape index (κ2) is 8.09. The van der Waals surface area contributed by atoms with E-state index >= 15 is 0 Å². The molecule has 2 heterocycles. The minimum atomic E-state index is -0.397. The number of rotatable bonds is 7. The van der Waals surface area contributed by atoms with Crippen LogP contribution in [0.3, 0.4) is 0 Å². The molecule has 0 saturated heterocycles. The number of methoxy groups -OCH3 is 2. The van der Waals surface area contributed by atoms with E-state index in [1.54, 1.807) is 26.4 Å². The third-order valence-electron chi connectivity index (χ3n) is 4.12. The number of carbonyl (C=O) groups excluding carboxylic acids is 1. The summed E-state index contributed by atoms with van der Waals surface area (Å²) >= 11 is 0. The Morgan fingerprint density at radius 2 is 1.93 bits per heavy atom. The Bertz CT molecular complexity index is 911. The molecule has 0 saturated carbocycles. The second-order valence-electron chi connectivity index (χ2n) is 6.22. The van der Waals surface area contributed by atoms with Crippen LogP contribution < -0.4 is 4.74 Å². The summed E-state index contributed by atoms with van der Waals surface area (Å²) in [6, 6.07) is 9.24. The van der Waals surface area contributed by atoms with Crippen LogP contribution in [0.1, 0.15) is 27.6 Å². The molecule has 0 aliphatic carbocycles. The molecular formula is C20H22N2O5. The molecule has 0 bridgehead atoms. The number of benzene rings is 1. The van der Waals surface area contributed by atoms with Crippen LogP contribution in [0, 0.1) is 6.92 Å². The number of oxazole rings is 1. The van der Waals surface area contributed by atoms with Crippen LogP contribution in [0.2, 0.25) is 0 Å². The molecule has 0 aliphatic rings. The summed E-state index contributed by atoms with van der Waals surface area (Å²) < 4.78 is 21.1. The van der Waals surface area contributed by atoms with Gasteiger partial charge in [-0.3, -0.25) is 4.90 Å². The van der Waals surface area contributed by atoms with Crippen molar-refractivity contribution in [1.29, 1.82) is 0 Å². The number of esters is 1. The lowest BCUT2D eigenvalue weighted by Crippen LogP contribution is -2.17. The number of hydrogen-bond donors (Lipinski definition) is 0. The molecule has 27 heavy (non-hydrogen) atoms. The molecule has 0 aliphatic heterocycles. The highest BCUT2D eigenvalue weighted by Gasteiger charge is 2.17. The Morgan fingerprint density at radius 3 is 2.59 bits per heavy atom. The molecule has 0 radical (unpaired) electrons. The maximum Gasteiger partial charge on any atom is 0.341 e. The van der Waals surface area contributed by atoms with Crippen LogP contribution >= 0.6 is 0 Å². The third-order valence-corrected chi connectivity index (χ3v) is 4.12. The van der Waals surface area contributed by atoms with Gasteiger partial charge in [0.25, 0.3) is 0 Å². The van der Waals surface area contributed by atoms with Gasteiger partial charge in [-0.05, 0) is 44.3 Å². The fourth-order valence-corrected chi connectivity index (χ4v) is 2.78. The Morgan fingerprint density at radius 1 is 1.19 bits per heavy atom. The van der Waals surface area contributed by atoms with E-state index in [2.05, 4.69) is 4.98 Å². The highest BCUT2D eigenvalue weighted by Crippen LogP contribution is 2.23.